The predicted octanol–water partition coefficient (Wildman–Crippen LogP) is 2.32. The van der Waals surface area contributed by atoms with E-state index in [-0.39, 0.29) is 11.5 Å². The molecular formula is C16H21N3O2. The molecule has 5 nitrogen and oxygen atoms in total. The zero-order valence-electron chi connectivity index (χ0n) is 12.6. The number of hydrogen-bond donors (Lipinski definition) is 3. The molecule has 0 aliphatic rings. The number of aryl methyl sites for hydroxylation is 2. The van der Waals surface area contributed by atoms with Crippen LogP contribution in [0.25, 0.3) is 11.4 Å². The van der Waals surface area contributed by atoms with Crippen LogP contribution in [-0.4, -0.2) is 33.8 Å². The Balaban J connectivity index is 2.32. The van der Waals surface area contributed by atoms with Crippen LogP contribution < -0.4 is 5.32 Å². The molecule has 21 heavy (non-hydrogen) atoms. The Hall–Kier alpha value is -2.14. The van der Waals surface area contributed by atoms with Gasteiger partial charge in [-0.1, -0.05) is 0 Å². The van der Waals surface area contributed by atoms with Gasteiger partial charge in [-0.3, -0.25) is 0 Å². The fraction of sp³-hybridized carbons (Fsp3) is 0.375. The third kappa shape index (κ3) is 3.49. The number of aromatic nitrogens is 2. The maximum Gasteiger partial charge on any atom is 0.159 e. The molecule has 0 unspecified atom stereocenters. The van der Waals surface area contributed by atoms with Crippen molar-refractivity contribution in [2.45, 2.75) is 26.7 Å². The van der Waals surface area contributed by atoms with E-state index in [9.17, 15) is 10.2 Å². The van der Waals surface area contributed by atoms with Crippen molar-refractivity contribution in [1.82, 2.24) is 15.3 Å². The summed E-state index contributed by atoms with van der Waals surface area (Å²) in [6.07, 6.45) is 1.99. The quantitative estimate of drug-likeness (QED) is 0.581. The highest BCUT2D eigenvalue weighted by Gasteiger charge is 2.11. The van der Waals surface area contributed by atoms with E-state index in [4.69, 9.17) is 0 Å². The number of nitrogens with one attached hydrogen (secondary N) is 1. The smallest absolute Gasteiger partial charge is 0.159 e. The molecule has 0 aliphatic carbocycles. The molecule has 0 atom stereocenters. The Labute approximate surface area is 124 Å². The Morgan fingerprint density at radius 1 is 1.05 bits per heavy atom. The second-order valence-corrected chi connectivity index (χ2v) is 5.11. The van der Waals surface area contributed by atoms with Gasteiger partial charge in [0.25, 0.3) is 0 Å². The monoisotopic (exact) mass is 287 g/mol. The van der Waals surface area contributed by atoms with Crippen LogP contribution in [0.15, 0.2) is 18.2 Å². The van der Waals surface area contributed by atoms with E-state index in [1.807, 2.05) is 20.9 Å². The lowest BCUT2D eigenvalue weighted by molar-refractivity contribution is 0.404. The summed E-state index contributed by atoms with van der Waals surface area (Å²) in [5.74, 6) is 0.262. The van der Waals surface area contributed by atoms with Crippen molar-refractivity contribution >= 4 is 0 Å². The minimum absolute atomic E-state index is 0.143. The van der Waals surface area contributed by atoms with E-state index in [1.54, 1.807) is 6.07 Å². The second-order valence-electron chi connectivity index (χ2n) is 5.11. The summed E-state index contributed by atoms with van der Waals surface area (Å²) in [7, 11) is 1.94. The van der Waals surface area contributed by atoms with Gasteiger partial charge >= 0.3 is 0 Å². The van der Waals surface area contributed by atoms with Crippen LogP contribution in [0.1, 0.15) is 23.4 Å². The van der Waals surface area contributed by atoms with Crippen LogP contribution in [0.2, 0.25) is 0 Å². The lowest BCUT2D eigenvalue weighted by atomic mass is 10.1. The van der Waals surface area contributed by atoms with E-state index in [2.05, 4.69) is 15.3 Å². The van der Waals surface area contributed by atoms with Gasteiger partial charge in [-0.25, -0.2) is 9.97 Å². The normalized spacial score (nSPS) is 10.8. The number of nitrogens with zero attached hydrogens (tertiary/aromatic N) is 2. The summed E-state index contributed by atoms with van der Waals surface area (Å²) in [6, 6.07) is 4.62. The maximum atomic E-state index is 9.59. The largest absolute Gasteiger partial charge is 0.504 e. The van der Waals surface area contributed by atoms with Crippen molar-refractivity contribution in [2.75, 3.05) is 13.6 Å². The van der Waals surface area contributed by atoms with E-state index in [1.165, 1.54) is 17.7 Å². The Morgan fingerprint density at radius 3 is 2.29 bits per heavy atom. The van der Waals surface area contributed by atoms with Crippen molar-refractivity contribution in [3.63, 3.8) is 0 Å². The molecule has 1 aromatic carbocycles. The average molecular weight is 287 g/mol. The Bertz CT molecular complexity index is 618. The molecule has 0 radical (unpaired) electrons. The highest BCUT2D eigenvalue weighted by atomic mass is 16.3. The average Bonchev–Trinajstić information content (AvgIpc) is 2.44. The van der Waals surface area contributed by atoms with Gasteiger partial charge < -0.3 is 15.5 Å². The first-order valence-corrected chi connectivity index (χ1v) is 7.04. The second kappa shape index (κ2) is 6.54. The van der Waals surface area contributed by atoms with Gasteiger partial charge in [0.2, 0.25) is 0 Å². The van der Waals surface area contributed by atoms with Gasteiger partial charge in [0.1, 0.15) is 0 Å². The molecule has 1 aromatic heterocycles. The van der Waals surface area contributed by atoms with Crippen molar-refractivity contribution in [1.29, 1.82) is 0 Å². The standard InChI is InChI=1S/C16H21N3O2/c1-10-13(5-4-8-17-3)11(2)19-16(18-10)12-6-7-14(20)15(21)9-12/h6-7,9,17,20-21H,4-5,8H2,1-3H3. The van der Waals surface area contributed by atoms with Crippen LogP contribution in [0.4, 0.5) is 0 Å². The SMILES string of the molecule is CNCCCc1c(C)nc(-c2ccc(O)c(O)c2)nc1C. The third-order valence-corrected chi connectivity index (χ3v) is 3.51. The van der Waals surface area contributed by atoms with Crippen LogP contribution in [0.3, 0.4) is 0 Å². The molecule has 0 spiro atoms. The van der Waals surface area contributed by atoms with E-state index in [0.717, 1.165) is 30.8 Å². The molecule has 0 saturated heterocycles. The van der Waals surface area contributed by atoms with E-state index in [0.29, 0.717) is 11.4 Å². The molecule has 5 heteroatoms. The zero-order valence-corrected chi connectivity index (χ0v) is 12.6. The summed E-state index contributed by atoms with van der Waals surface area (Å²) < 4.78 is 0. The number of benzene rings is 1. The molecule has 3 N–H and O–H groups in total. The van der Waals surface area contributed by atoms with Crippen LogP contribution in [0.5, 0.6) is 11.5 Å². The molecule has 0 fully saturated rings. The van der Waals surface area contributed by atoms with Crippen LogP contribution in [-0.2, 0) is 6.42 Å². The van der Waals surface area contributed by atoms with E-state index < -0.39 is 0 Å². The molecule has 2 rings (SSSR count). The van der Waals surface area contributed by atoms with E-state index >= 15 is 0 Å². The molecular weight excluding hydrogens is 266 g/mol. The third-order valence-electron chi connectivity index (χ3n) is 3.51. The lowest BCUT2D eigenvalue weighted by Crippen LogP contribution is -2.10. The summed E-state index contributed by atoms with van der Waals surface area (Å²) in [5, 5.41) is 22.1. The fourth-order valence-electron chi connectivity index (χ4n) is 2.33. The van der Waals surface area contributed by atoms with Gasteiger partial charge in [0.05, 0.1) is 0 Å². The number of rotatable bonds is 5. The first-order chi connectivity index (χ1) is 10.0. The first-order valence-electron chi connectivity index (χ1n) is 7.04. The fourth-order valence-corrected chi connectivity index (χ4v) is 2.33. The topological polar surface area (TPSA) is 78.3 Å². The summed E-state index contributed by atoms with van der Waals surface area (Å²) >= 11 is 0. The minimum Gasteiger partial charge on any atom is -0.504 e. The van der Waals surface area contributed by atoms with Gasteiger partial charge in [0.15, 0.2) is 17.3 Å². The maximum absolute atomic E-state index is 9.59. The molecule has 1 heterocycles. The van der Waals surface area contributed by atoms with Crippen LogP contribution >= 0.6 is 0 Å². The van der Waals surface area contributed by atoms with Crippen molar-refractivity contribution in [2.24, 2.45) is 0 Å². The number of phenolic OH excluding ortho intramolecular Hbond substituents is 2. The molecule has 0 bridgehead atoms. The number of hydrogen-bond acceptors (Lipinski definition) is 5. The summed E-state index contributed by atoms with van der Waals surface area (Å²) in [5.41, 5.74) is 3.79. The number of phenols is 2. The van der Waals surface area contributed by atoms with Crippen LogP contribution in [0, 0.1) is 13.8 Å². The Morgan fingerprint density at radius 2 is 1.71 bits per heavy atom. The molecule has 0 saturated carbocycles. The van der Waals surface area contributed by atoms with Gasteiger partial charge in [-0.2, -0.15) is 0 Å². The van der Waals surface area contributed by atoms with Crippen molar-refractivity contribution in [3.8, 4) is 22.9 Å². The van der Waals surface area contributed by atoms with Gasteiger partial charge in [-0.05, 0) is 64.0 Å². The first kappa shape index (κ1) is 15.3. The number of aromatic hydroxyl groups is 2. The van der Waals surface area contributed by atoms with Crippen molar-refractivity contribution in [3.05, 3.63) is 35.2 Å². The molecule has 0 amide bonds. The highest BCUT2D eigenvalue weighted by Crippen LogP contribution is 2.29. The summed E-state index contributed by atoms with van der Waals surface area (Å²) in [4.78, 5) is 9.06. The molecule has 0 aliphatic heterocycles. The Kier molecular flexibility index (Phi) is 4.75. The summed E-state index contributed by atoms with van der Waals surface area (Å²) in [6.45, 7) is 4.92. The zero-order chi connectivity index (χ0) is 15.4. The molecule has 2 aromatic rings. The van der Waals surface area contributed by atoms with Gasteiger partial charge in [-0.15, -0.1) is 0 Å². The predicted molar refractivity (Wildman–Crippen MR) is 82.5 cm³/mol. The minimum atomic E-state index is -0.162. The van der Waals surface area contributed by atoms with Crippen molar-refractivity contribution < 1.29 is 10.2 Å². The highest BCUT2D eigenvalue weighted by molar-refractivity contribution is 5.61. The van der Waals surface area contributed by atoms with Gasteiger partial charge in [0, 0.05) is 17.0 Å². The molecule has 112 valence electrons. The lowest BCUT2D eigenvalue weighted by Gasteiger charge is -2.11.